The second-order valence-electron chi connectivity index (χ2n) is 4.78. The molecule has 1 saturated carbocycles. The van der Waals surface area contributed by atoms with Gasteiger partial charge < -0.3 is 10.0 Å². The molecule has 0 aromatic heterocycles. The fourth-order valence-corrected chi connectivity index (χ4v) is 2.96. The van der Waals surface area contributed by atoms with Crippen molar-refractivity contribution < 1.29 is 9.90 Å². The second kappa shape index (κ2) is 6.60. The Morgan fingerprint density at radius 1 is 1.32 bits per heavy atom. The SMILES string of the molecule is O=C(c1cc(Cl)ccc1Cl)N(CCO)C1CCCC1. The fraction of sp³-hybridized carbons (Fsp3) is 0.500. The van der Waals surface area contributed by atoms with E-state index in [1.807, 2.05) is 0 Å². The molecule has 1 aromatic carbocycles. The number of hydrogen-bond acceptors (Lipinski definition) is 2. The largest absolute Gasteiger partial charge is 0.395 e. The van der Waals surface area contributed by atoms with Crippen molar-refractivity contribution in [2.75, 3.05) is 13.2 Å². The van der Waals surface area contributed by atoms with Crippen LogP contribution in [0.5, 0.6) is 0 Å². The standard InChI is InChI=1S/C14H17Cl2NO2/c15-10-5-6-13(16)12(9-10)14(19)17(7-8-18)11-3-1-2-4-11/h5-6,9,11,18H,1-4,7-8H2. The number of aliphatic hydroxyl groups is 1. The highest BCUT2D eigenvalue weighted by molar-refractivity contribution is 6.35. The summed E-state index contributed by atoms with van der Waals surface area (Å²) in [5.74, 6) is -0.145. The van der Waals surface area contributed by atoms with Crippen LogP contribution in [0.1, 0.15) is 36.0 Å². The summed E-state index contributed by atoms with van der Waals surface area (Å²) in [4.78, 5) is 14.3. The van der Waals surface area contributed by atoms with Gasteiger partial charge in [-0.1, -0.05) is 36.0 Å². The van der Waals surface area contributed by atoms with E-state index in [2.05, 4.69) is 0 Å². The molecule has 0 atom stereocenters. The smallest absolute Gasteiger partial charge is 0.255 e. The fourth-order valence-electron chi connectivity index (χ4n) is 2.59. The highest BCUT2D eigenvalue weighted by Gasteiger charge is 2.28. The van der Waals surface area contributed by atoms with Gasteiger partial charge in [-0.25, -0.2) is 0 Å². The van der Waals surface area contributed by atoms with Gasteiger partial charge in [0, 0.05) is 17.6 Å². The van der Waals surface area contributed by atoms with Crippen molar-refractivity contribution in [3.8, 4) is 0 Å². The highest BCUT2D eigenvalue weighted by Crippen LogP contribution is 2.27. The summed E-state index contributed by atoms with van der Waals surface area (Å²) >= 11 is 12.0. The van der Waals surface area contributed by atoms with Crippen LogP contribution in [0.25, 0.3) is 0 Å². The molecule has 0 heterocycles. The van der Waals surface area contributed by atoms with E-state index in [4.69, 9.17) is 28.3 Å². The Morgan fingerprint density at radius 3 is 2.63 bits per heavy atom. The summed E-state index contributed by atoms with van der Waals surface area (Å²) in [7, 11) is 0. The zero-order valence-corrected chi connectivity index (χ0v) is 12.1. The third-order valence-electron chi connectivity index (χ3n) is 3.53. The first-order valence-electron chi connectivity index (χ1n) is 6.50. The second-order valence-corrected chi connectivity index (χ2v) is 5.63. The Balaban J connectivity index is 2.25. The Bertz CT molecular complexity index is 459. The number of carbonyl (C=O) groups is 1. The van der Waals surface area contributed by atoms with Gasteiger partial charge in [-0.2, -0.15) is 0 Å². The van der Waals surface area contributed by atoms with Crippen molar-refractivity contribution in [3.05, 3.63) is 33.8 Å². The van der Waals surface area contributed by atoms with Crippen LogP contribution in [0.4, 0.5) is 0 Å². The molecule has 0 aliphatic heterocycles. The van der Waals surface area contributed by atoms with Crippen molar-refractivity contribution in [3.63, 3.8) is 0 Å². The van der Waals surface area contributed by atoms with Crippen LogP contribution >= 0.6 is 23.2 Å². The molecule has 0 spiro atoms. The molecule has 1 aliphatic rings. The van der Waals surface area contributed by atoms with E-state index in [0.29, 0.717) is 22.2 Å². The average Bonchev–Trinajstić information content (AvgIpc) is 2.92. The molecule has 1 aromatic rings. The van der Waals surface area contributed by atoms with Gasteiger partial charge in [0.05, 0.1) is 17.2 Å². The van der Waals surface area contributed by atoms with Crippen molar-refractivity contribution in [2.24, 2.45) is 0 Å². The molecule has 1 aliphatic carbocycles. The minimum absolute atomic E-state index is 0.0412. The van der Waals surface area contributed by atoms with Crippen LogP contribution in [0.2, 0.25) is 10.0 Å². The topological polar surface area (TPSA) is 40.5 Å². The minimum atomic E-state index is -0.145. The molecule has 2 rings (SSSR count). The number of hydrogen-bond donors (Lipinski definition) is 1. The summed E-state index contributed by atoms with van der Waals surface area (Å²) in [6.07, 6.45) is 4.24. The van der Waals surface area contributed by atoms with Crippen molar-refractivity contribution >= 4 is 29.1 Å². The predicted molar refractivity (Wildman–Crippen MR) is 76.8 cm³/mol. The zero-order valence-electron chi connectivity index (χ0n) is 10.6. The van der Waals surface area contributed by atoms with Gasteiger partial charge in [-0.3, -0.25) is 4.79 Å². The molecule has 0 unspecified atom stereocenters. The van der Waals surface area contributed by atoms with Crippen molar-refractivity contribution in [2.45, 2.75) is 31.7 Å². The molecule has 0 radical (unpaired) electrons. The molecular formula is C14H17Cl2NO2. The van der Waals surface area contributed by atoms with E-state index >= 15 is 0 Å². The predicted octanol–water partition coefficient (Wildman–Crippen LogP) is 3.37. The Labute approximate surface area is 123 Å². The minimum Gasteiger partial charge on any atom is -0.395 e. The maximum atomic E-state index is 12.6. The third-order valence-corrected chi connectivity index (χ3v) is 4.09. The first-order valence-corrected chi connectivity index (χ1v) is 7.26. The van der Waals surface area contributed by atoms with Gasteiger partial charge in [-0.15, -0.1) is 0 Å². The first kappa shape index (κ1) is 14.6. The molecule has 5 heteroatoms. The lowest BCUT2D eigenvalue weighted by Crippen LogP contribution is -2.40. The average molecular weight is 302 g/mol. The van der Waals surface area contributed by atoms with E-state index in [0.717, 1.165) is 25.7 Å². The van der Waals surface area contributed by atoms with Crippen LogP contribution < -0.4 is 0 Å². The van der Waals surface area contributed by atoms with Crippen LogP contribution in [0.15, 0.2) is 18.2 Å². The number of benzene rings is 1. The summed E-state index contributed by atoms with van der Waals surface area (Å²) < 4.78 is 0. The van der Waals surface area contributed by atoms with Gasteiger partial charge >= 0.3 is 0 Å². The summed E-state index contributed by atoms with van der Waals surface area (Å²) in [5.41, 5.74) is 0.412. The van der Waals surface area contributed by atoms with E-state index < -0.39 is 0 Å². The number of halogens is 2. The van der Waals surface area contributed by atoms with Gasteiger partial charge in [0.1, 0.15) is 0 Å². The summed E-state index contributed by atoms with van der Waals surface area (Å²) in [5, 5.41) is 10.1. The lowest BCUT2D eigenvalue weighted by atomic mass is 10.1. The molecule has 19 heavy (non-hydrogen) atoms. The van der Waals surface area contributed by atoms with Crippen LogP contribution in [0.3, 0.4) is 0 Å². The molecule has 104 valence electrons. The molecule has 1 fully saturated rings. The maximum Gasteiger partial charge on any atom is 0.255 e. The van der Waals surface area contributed by atoms with Gasteiger partial charge in [-0.05, 0) is 31.0 Å². The van der Waals surface area contributed by atoms with Crippen molar-refractivity contribution in [1.82, 2.24) is 4.90 Å². The van der Waals surface area contributed by atoms with Crippen LogP contribution in [0, 0.1) is 0 Å². The lowest BCUT2D eigenvalue weighted by Gasteiger charge is -2.28. The monoisotopic (exact) mass is 301 g/mol. The highest BCUT2D eigenvalue weighted by atomic mass is 35.5. The lowest BCUT2D eigenvalue weighted by molar-refractivity contribution is 0.0638. The van der Waals surface area contributed by atoms with Crippen LogP contribution in [-0.2, 0) is 0 Å². The van der Waals surface area contributed by atoms with Gasteiger partial charge in [0.2, 0.25) is 0 Å². The Morgan fingerprint density at radius 2 is 2.00 bits per heavy atom. The van der Waals surface area contributed by atoms with Gasteiger partial charge in [0.25, 0.3) is 5.91 Å². The zero-order chi connectivity index (χ0) is 13.8. The van der Waals surface area contributed by atoms with E-state index in [9.17, 15) is 4.79 Å². The van der Waals surface area contributed by atoms with E-state index in [1.165, 1.54) is 0 Å². The number of nitrogens with zero attached hydrogens (tertiary/aromatic N) is 1. The third kappa shape index (κ3) is 3.41. The maximum absolute atomic E-state index is 12.6. The number of carbonyl (C=O) groups excluding carboxylic acids is 1. The summed E-state index contributed by atoms with van der Waals surface area (Å²) in [6.45, 7) is 0.298. The molecule has 3 nitrogen and oxygen atoms in total. The Kier molecular flexibility index (Phi) is 5.08. The van der Waals surface area contributed by atoms with Crippen molar-refractivity contribution in [1.29, 1.82) is 0 Å². The Hall–Kier alpha value is -0.770. The van der Waals surface area contributed by atoms with Gasteiger partial charge in [0.15, 0.2) is 0 Å². The first-order chi connectivity index (χ1) is 9.13. The quantitative estimate of drug-likeness (QED) is 0.926. The number of aliphatic hydroxyl groups excluding tert-OH is 1. The normalized spacial score (nSPS) is 15.7. The van der Waals surface area contributed by atoms with E-state index in [-0.39, 0.29) is 18.6 Å². The molecule has 0 bridgehead atoms. The molecule has 0 saturated heterocycles. The molecule has 1 N–H and O–H groups in total. The van der Waals surface area contributed by atoms with Crippen LogP contribution in [-0.4, -0.2) is 35.1 Å². The number of amides is 1. The van der Waals surface area contributed by atoms with E-state index in [1.54, 1.807) is 23.1 Å². The summed E-state index contributed by atoms with van der Waals surface area (Å²) in [6, 6.07) is 5.08. The number of rotatable bonds is 4. The molecular weight excluding hydrogens is 285 g/mol. The molecule has 1 amide bonds.